The van der Waals surface area contributed by atoms with Crippen LogP contribution in [0.3, 0.4) is 0 Å². The molecule has 0 saturated heterocycles. The van der Waals surface area contributed by atoms with Crippen molar-refractivity contribution in [3.05, 3.63) is 51.3 Å². The van der Waals surface area contributed by atoms with E-state index in [1.165, 1.54) is 6.20 Å². The van der Waals surface area contributed by atoms with Crippen LogP contribution in [0, 0.1) is 17.0 Å². The maximum Gasteiger partial charge on any atom is 0.416 e. The molecule has 0 aliphatic carbocycles. The molecule has 6 nitrogen and oxygen atoms in total. The van der Waals surface area contributed by atoms with Crippen LogP contribution < -0.4 is 5.32 Å². The van der Waals surface area contributed by atoms with Gasteiger partial charge in [0.25, 0.3) is 5.69 Å². The fourth-order valence-corrected chi connectivity index (χ4v) is 1.75. The van der Waals surface area contributed by atoms with E-state index in [1.807, 2.05) is 0 Å². The number of benzene rings is 1. The first-order valence-electron chi connectivity index (χ1n) is 5.87. The Bertz CT molecular complexity index is 667. The Morgan fingerprint density at radius 1 is 1.43 bits per heavy atom. The number of H-pyrrole nitrogens is 1. The molecule has 0 atom stereocenters. The van der Waals surface area contributed by atoms with Crippen molar-refractivity contribution in [2.24, 2.45) is 0 Å². The standard InChI is InChI=1S/C12H11F3N4O2/c1-7-8(6-17-18-7)5-16-10-3-2-9(12(13,14)15)4-11(10)19(20)21/h2-4,6,16H,5H2,1H3,(H,17,18). The summed E-state index contributed by atoms with van der Waals surface area (Å²) in [6.45, 7) is 1.99. The molecule has 2 N–H and O–H groups in total. The summed E-state index contributed by atoms with van der Waals surface area (Å²) in [5.41, 5.74) is -0.111. The Morgan fingerprint density at radius 3 is 2.67 bits per heavy atom. The Hall–Kier alpha value is -2.58. The minimum Gasteiger partial charge on any atom is -0.375 e. The summed E-state index contributed by atoms with van der Waals surface area (Å²) in [7, 11) is 0. The van der Waals surface area contributed by atoms with Crippen molar-refractivity contribution in [1.29, 1.82) is 0 Å². The van der Waals surface area contributed by atoms with Crippen LogP contribution in [0.4, 0.5) is 24.5 Å². The zero-order valence-corrected chi connectivity index (χ0v) is 10.9. The minimum absolute atomic E-state index is 0.0219. The van der Waals surface area contributed by atoms with Gasteiger partial charge in [0.15, 0.2) is 0 Å². The molecule has 1 heterocycles. The summed E-state index contributed by atoms with van der Waals surface area (Å²) in [6.07, 6.45) is -3.08. The van der Waals surface area contributed by atoms with Gasteiger partial charge in [0.2, 0.25) is 0 Å². The van der Waals surface area contributed by atoms with Gasteiger partial charge in [-0.25, -0.2) is 0 Å². The summed E-state index contributed by atoms with van der Waals surface area (Å²) in [6, 6.07) is 2.37. The number of alkyl halides is 3. The first kappa shape index (κ1) is 14.8. The Morgan fingerprint density at radius 2 is 2.14 bits per heavy atom. The van der Waals surface area contributed by atoms with E-state index in [9.17, 15) is 23.3 Å². The molecule has 0 radical (unpaired) electrons. The molecule has 0 aliphatic heterocycles. The lowest BCUT2D eigenvalue weighted by Crippen LogP contribution is -2.08. The van der Waals surface area contributed by atoms with Crippen LogP contribution in [0.2, 0.25) is 0 Å². The van der Waals surface area contributed by atoms with Crippen LogP contribution in [-0.2, 0) is 12.7 Å². The number of aromatic amines is 1. The molecule has 112 valence electrons. The molecule has 1 aromatic heterocycles. The van der Waals surface area contributed by atoms with Gasteiger partial charge in [0.05, 0.1) is 16.7 Å². The fraction of sp³-hybridized carbons (Fsp3) is 0.250. The number of nitrogens with zero attached hydrogens (tertiary/aromatic N) is 2. The van der Waals surface area contributed by atoms with E-state index in [1.54, 1.807) is 6.92 Å². The first-order valence-corrected chi connectivity index (χ1v) is 5.87. The Labute approximate surface area is 117 Å². The van der Waals surface area contributed by atoms with Gasteiger partial charge in [0, 0.05) is 23.9 Å². The number of anilines is 1. The summed E-state index contributed by atoms with van der Waals surface area (Å²) in [5, 5.41) is 20.1. The van der Waals surface area contributed by atoms with Crippen molar-refractivity contribution in [1.82, 2.24) is 10.2 Å². The molecule has 0 unspecified atom stereocenters. The van der Waals surface area contributed by atoms with E-state index in [0.717, 1.165) is 23.4 Å². The molecule has 2 rings (SSSR count). The molecule has 0 bridgehead atoms. The highest BCUT2D eigenvalue weighted by atomic mass is 19.4. The van der Waals surface area contributed by atoms with Crippen LogP contribution in [0.5, 0.6) is 0 Å². The van der Waals surface area contributed by atoms with Crippen LogP contribution in [0.1, 0.15) is 16.8 Å². The molecule has 1 aromatic carbocycles. The van der Waals surface area contributed by atoms with Gasteiger partial charge in [-0.05, 0) is 19.1 Å². The molecule has 2 aromatic rings. The summed E-state index contributed by atoms with van der Waals surface area (Å²) >= 11 is 0. The average Bonchev–Trinajstić information content (AvgIpc) is 2.80. The second kappa shape index (κ2) is 5.43. The number of hydrogen-bond donors (Lipinski definition) is 2. The third-order valence-corrected chi connectivity index (χ3v) is 2.93. The van der Waals surface area contributed by atoms with Crippen molar-refractivity contribution in [3.63, 3.8) is 0 Å². The largest absolute Gasteiger partial charge is 0.416 e. The van der Waals surface area contributed by atoms with Crippen LogP contribution >= 0.6 is 0 Å². The van der Waals surface area contributed by atoms with Crippen molar-refractivity contribution in [2.45, 2.75) is 19.6 Å². The number of nitro benzene ring substituents is 1. The SMILES string of the molecule is Cc1[nH]ncc1CNc1ccc(C(F)(F)F)cc1[N+](=O)[O-]. The van der Waals surface area contributed by atoms with E-state index in [-0.39, 0.29) is 12.2 Å². The molecule has 21 heavy (non-hydrogen) atoms. The molecule has 0 spiro atoms. The third-order valence-electron chi connectivity index (χ3n) is 2.93. The quantitative estimate of drug-likeness (QED) is 0.670. The lowest BCUT2D eigenvalue weighted by Gasteiger charge is -2.10. The minimum atomic E-state index is -4.62. The van der Waals surface area contributed by atoms with Gasteiger partial charge in [0.1, 0.15) is 5.69 Å². The maximum absolute atomic E-state index is 12.6. The van der Waals surface area contributed by atoms with E-state index >= 15 is 0 Å². The van der Waals surface area contributed by atoms with Gasteiger partial charge in [-0.15, -0.1) is 0 Å². The highest BCUT2D eigenvalue weighted by Gasteiger charge is 2.33. The van der Waals surface area contributed by atoms with E-state index in [4.69, 9.17) is 0 Å². The number of aryl methyl sites for hydroxylation is 1. The van der Waals surface area contributed by atoms with Crippen molar-refractivity contribution >= 4 is 11.4 Å². The normalized spacial score (nSPS) is 11.4. The molecular weight excluding hydrogens is 289 g/mol. The number of aromatic nitrogens is 2. The Balaban J connectivity index is 2.27. The Kier molecular flexibility index (Phi) is 3.83. The van der Waals surface area contributed by atoms with Crippen molar-refractivity contribution in [2.75, 3.05) is 5.32 Å². The average molecular weight is 300 g/mol. The number of nitrogens with one attached hydrogen (secondary N) is 2. The second-order valence-corrected chi connectivity index (χ2v) is 4.36. The summed E-state index contributed by atoms with van der Waals surface area (Å²) in [5.74, 6) is 0. The molecule has 9 heteroatoms. The van der Waals surface area contributed by atoms with Crippen LogP contribution in [0.15, 0.2) is 24.4 Å². The fourth-order valence-electron chi connectivity index (χ4n) is 1.75. The second-order valence-electron chi connectivity index (χ2n) is 4.36. The van der Waals surface area contributed by atoms with Gasteiger partial charge >= 0.3 is 6.18 Å². The smallest absolute Gasteiger partial charge is 0.375 e. The highest BCUT2D eigenvalue weighted by molar-refractivity contribution is 5.63. The van der Waals surface area contributed by atoms with Crippen molar-refractivity contribution in [3.8, 4) is 0 Å². The predicted octanol–water partition coefficient (Wildman–Crippen LogP) is 3.26. The van der Waals surface area contributed by atoms with Crippen molar-refractivity contribution < 1.29 is 18.1 Å². The van der Waals surface area contributed by atoms with Gasteiger partial charge < -0.3 is 5.32 Å². The molecule has 0 aliphatic rings. The topological polar surface area (TPSA) is 83.8 Å². The summed E-state index contributed by atoms with van der Waals surface area (Å²) < 4.78 is 37.7. The van der Waals surface area contributed by atoms with Gasteiger partial charge in [-0.1, -0.05) is 0 Å². The van der Waals surface area contributed by atoms with Gasteiger partial charge in [-0.3, -0.25) is 15.2 Å². The highest BCUT2D eigenvalue weighted by Crippen LogP contribution is 2.35. The van der Waals surface area contributed by atoms with Gasteiger partial charge in [-0.2, -0.15) is 18.3 Å². The first-order chi connectivity index (χ1) is 9.79. The van der Waals surface area contributed by atoms with Crippen LogP contribution in [0.25, 0.3) is 0 Å². The number of halogens is 3. The van der Waals surface area contributed by atoms with E-state index in [0.29, 0.717) is 6.07 Å². The summed E-state index contributed by atoms with van der Waals surface area (Å²) in [4.78, 5) is 10.1. The molecular formula is C12H11F3N4O2. The van der Waals surface area contributed by atoms with Crippen LogP contribution in [-0.4, -0.2) is 15.1 Å². The maximum atomic E-state index is 12.6. The third kappa shape index (κ3) is 3.30. The zero-order valence-electron chi connectivity index (χ0n) is 10.9. The van der Waals surface area contributed by atoms with E-state index < -0.39 is 22.4 Å². The molecule has 0 fully saturated rings. The molecule has 0 amide bonds. The number of rotatable bonds is 4. The lowest BCUT2D eigenvalue weighted by molar-refractivity contribution is -0.384. The predicted molar refractivity (Wildman–Crippen MR) is 68.7 cm³/mol. The molecule has 0 saturated carbocycles. The monoisotopic (exact) mass is 300 g/mol. The number of nitro groups is 1. The number of hydrogen-bond acceptors (Lipinski definition) is 4. The lowest BCUT2D eigenvalue weighted by atomic mass is 10.1. The zero-order chi connectivity index (χ0) is 15.6. The van der Waals surface area contributed by atoms with E-state index in [2.05, 4.69) is 15.5 Å².